The number of alkyl halides is 6. The van der Waals surface area contributed by atoms with Gasteiger partial charge in [-0.05, 0) is 101 Å². The lowest BCUT2D eigenvalue weighted by Gasteiger charge is -2.22. The molecule has 1 aromatic heterocycles. The number of hydrogen-bond donors (Lipinski definition) is 13. The Hall–Kier alpha value is -7.13. The van der Waals surface area contributed by atoms with E-state index in [2.05, 4.69) is 58.2 Å². The van der Waals surface area contributed by atoms with Crippen LogP contribution in [0.15, 0.2) is 42.5 Å². The summed E-state index contributed by atoms with van der Waals surface area (Å²) in [6.07, 6.45) is -8.27. The third-order valence-electron chi connectivity index (χ3n) is 10.7. The summed E-state index contributed by atoms with van der Waals surface area (Å²) in [5.74, 6) is -1.59. The molecular formula is C44H54F6N14O6S. The van der Waals surface area contributed by atoms with Gasteiger partial charge in [-0.2, -0.15) is 26.3 Å². The molecule has 14 N–H and O–H groups in total. The maximum absolute atomic E-state index is 14.2. The topological polar surface area (TPSA) is 294 Å². The zero-order chi connectivity index (χ0) is 51.3. The summed E-state index contributed by atoms with van der Waals surface area (Å²) in [7, 11) is 0. The molecule has 0 bridgehead atoms. The normalized spacial score (nSPS) is 15.6. The number of amides is 6. The highest BCUT2D eigenvalue weighted by Gasteiger charge is 2.36. The van der Waals surface area contributed by atoms with Crippen LogP contribution in [0, 0.1) is 10.8 Å². The minimum atomic E-state index is -4.89. The zero-order valence-corrected chi connectivity index (χ0v) is 39.1. The van der Waals surface area contributed by atoms with Gasteiger partial charge in [-0.15, -0.1) is 0 Å². The number of nitrogens with two attached hydrogens (primary N) is 1. The van der Waals surface area contributed by atoms with Crippen LogP contribution >= 0.6 is 11.3 Å². The summed E-state index contributed by atoms with van der Waals surface area (Å²) in [6.45, 7) is 4.14. The first kappa shape index (κ1) is 53.2. The number of carbonyl (C=O) groups is 4. The lowest BCUT2D eigenvalue weighted by atomic mass is 10.1. The molecule has 0 aliphatic carbocycles. The molecule has 0 radical (unpaired) electrons. The van der Waals surface area contributed by atoms with E-state index >= 15 is 0 Å². The molecule has 3 heterocycles. The molecule has 0 saturated carbocycles. The van der Waals surface area contributed by atoms with Crippen molar-refractivity contribution in [3.8, 4) is 11.5 Å². The van der Waals surface area contributed by atoms with Crippen LogP contribution in [-0.4, -0.2) is 92.1 Å². The largest absolute Gasteiger partial charge is 0.485 e. The number of nitrogens with zero attached hydrogens (tertiary/aromatic N) is 1. The molecule has 2 unspecified atom stereocenters. The minimum Gasteiger partial charge on any atom is -0.485 e. The van der Waals surface area contributed by atoms with Crippen LogP contribution in [0.1, 0.15) is 69.4 Å². The summed E-state index contributed by atoms with van der Waals surface area (Å²) in [6, 6.07) is 5.24. The number of carbonyl (C=O) groups excluding carboxylic acids is 4. The number of benzene rings is 3. The van der Waals surface area contributed by atoms with Gasteiger partial charge in [-0.25, -0.2) is 14.6 Å². The molecular weight excluding hydrogens is 967 g/mol. The van der Waals surface area contributed by atoms with Crippen molar-refractivity contribution in [2.45, 2.75) is 82.9 Å². The van der Waals surface area contributed by atoms with Gasteiger partial charge < -0.3 is 63.1 Å². The average molecular weight is 1020 g/mol. The van der Waals surface area contributed by atoms with E-state index in [1.807, 2.05) is 0 Å². The molecule has 6 amide bonds. The SMILES string of the molecule is CC(=N)NCCCCC(=O)Nc1cc(C(F)(F)F)cc(NC(=O)Nc2nc3ccc(NC(=O)Nc4cc(C(F)(F)F)cc(NC(=O)CCCCNC(=N)N)c4OC4CCNC4)cc3s2)c1OC1CCNC1. The van der Waals surface area contributed by atoms with Gasteiger partial charge in [0.05, 0.1) is 49.9 Å². The van der Waals surface area contributed by atoms with Gasteiger partial charge in [0.1, 0.15) is 12.2 Å². The van der Waals surface area contributed by atoms with Crippen LogP contribution in [0.3, 0.4) is 0 Å². The summed E-state index contributed by atoms with van der Waals surface area (Å²) in [5, 5.41) is 41.2. The summed E-state index contributed by atoms with van der Waals surface area (Å²) < 4.78 is 98.1. The molecule has 2 atom stereocenters. The summed E-state index contributed by atoms with van der Waals surface area (Å²) in [5.41, 5.74) is 2.01. The van der Waals surface area contributed by atoms with Crippen LogP contribution in [-0.2, 0) is 21.9 Å². The lowest BCUT2D eigenvalue weighted by Crippen LogP contribution is -2.31. The van der Waals surface area contributed by atoms with E-state index in [0.717, 1.165) is 23.5 Å². The number of aromatic nitrogens is 1. The van der Waals surface area contributed by atoms with E-state index in [9.17, 15) is 45.5 Å². The van der Waals surface area contributed by atoms with E-state index in [0.29, 0.717) is 100 Å². The first-order valence-corrected chi connectivity index (χ1v) is 23.3. The first-order chi connectivity index (χ1) is 33.7. The molecule has 2 aliphatic heterocycles. The van der Waals surface area contributed by atoms with E-state index in [-0.39, 0.29) is 69.7 Å². The van der Waals surface area contributed by atoms with Crippen LogP contribution in [0.5, 0.6) is 11.5 Å². The number of halogens is 6. The summed E-state index contributed by atoms with van der Waals surface area (Å²) >= 11 is 0.928. The van der Waals surface area contributed by atoms with Crippen LogP contribution < -0.4 is 68.4 Å². The third kappa shape index (κ3) is 16.2. The Morgan fingerprint density at radius 3 is 1.62 bits per heavy atom. The molecule has 6 rings (SSSR count). The second-order valence-corrected chi connectivity index (χ2v) is 17.6. The monoisotopic (exact) mass is 1020 g/mol. The van der Waals surface area contributed by atoms with Crippen molar-refractivity contribution in [2.75, 3.05) is 71.2 Å². The number of nitrogens with one attached hydrogen (secondary N) is 12. The molecule has 2 fully saturated rings. The van der Waals surface area contributed by atoms with Crippen molar-refractivity contribution >= 4 is 90.8 Å². The molecule has 71 heavy (non-hydrogen) atoms. The van der Waals surface area contributed by atoms with Crippen molar-refractivity contribution < 1.29 is 55.0 Å². The number of fused-ring (bicyclic) bond motifs is 1. The fourth-order valence-electron chi connectivity index (χ4n) is 7.34. The van der Waals surface area contributed by atoms with Gasteiger partial charge in [0, 0.05) is 44.7 Å². The van der Waals surface area contributed by atoms with E-state index < -0.39 is 59.6 Å². The Morgan fingerprint density at radius 1 is 0.690 bits per heavy atom. The molecule has 3 aromatic carbocycles. The predicted molar refractivity (Wildman–Crippen MR) is 258 cm³/mol. The average Bonchev–Trinajstić information content (AvgIpc) is 4.08. The minimum absolute atomic E-state index is 0.00997. The van der Waals surface area contributed by atoms with Crippen molar-refractivity contribution in [1.29, 1.82) is 10.8 Å². The second kappa shape index (κ2) is 24.1. The maximum atomic E-state index is 14.2. The maximum Gasteiger partial charge on any atom is 0.416 e. The summed E-state index contributed by atoms with van der Waals surface area (Å²) in [4.78, 5) is 57.3. The number of amidine groups is 1. The number of thiazole rings is 1. The highest BCUT2D eigenvalue weighted by atomic mass is 32.1. The number of rotatable bonds is 20. The van der Waals surface area contributed by atoms with Crippen molar-refractivity contribution in [3.05, 3.63) is 53.6 Å². The molecule has 2 saturated heterocycles. The number of urea groups is 2. The first-order valence-electron chi connectivity index (χ1n) is 22.5. The Bertz CT molecular complexity index is 2450. The zero-order valence-electron chi connectivity index (χ0n) is 38.2. The Balaban J connectivity index is 1.17. The van der Waals surface area contributed by atoms with E-state index in [4.69, 9.17) is 26.0 Å². The number of guanidine groups is 1. The fourth-order valence-corrected chi connectivity index (χ4v) is 8.24. The molecule has 4 aromatic rings. The van der Waals surface area contributed by atoms with Crippen molar-refractivity contribution in [1.82, 2.24) is 26.3 Å². The number of ether oxygens (including phenoxy) is 2. The Kier molecular flexibility index (Phi) is 18.1. The van der Waals surface area contributed by atoms with Gasteiger partial charge in [0.2, 0.25) is 11.8 Å². The van der Waals surface area contributed by atoms with Crippen molar-refractivity contribution in [2.24, 2.45) is 5.73 Å². The Labute approximate surface area is 406 Å². The quantitative estimate of drug-likeness (QED) is 0.0179. The van der Waals surface area contributed by atoms with Crippen LogP contribution in [0.2, 0.25) is 0 Å². The number of anilines is 6. The number of hydrogen-bond acceptors (Lipinski definition) is 12. The molecule has 20 nitrogen and oxygen atoms in total. The second-order valence-electron chi connectivity index (χ2n) is 16.5. The molecule has 2 aliphatic rings. The molecule has 384 valence electrons. The molecule has 0 spiro atoms. The third-order valence-corrected chi connectivity index (χ3v) is 11.6. The fraction of sp³-hybridized carbons (Fsp3) is 0.432. The highest BCUT2D eigenvalue weighted by molar-refractivity contribution is 7.22. The lowest BCUT2D eigenvalue weighted by molar-refractivity contribution is -0.138. The van der Waals surface area contributed by atoms with Gasteiger partial charge in [-0.3, -0.25) is 25.7 Å². The smallest absolute Gasteiger partial charge is 0.416 e. The standard InChI is InChI=1S/C44H54F6N14O6S/c1-23(51)56-12-4-2-6-35(65)60-31-17-25(44(48,49)50)19-33(38(31)70-28-11-15-55-22-28)62-41(68)64-42-63-29-9-8-26(20-34(29)71-42)58-40(67)61-32-18-24(43(45,46)47)16-30(37(32)69-27-10-14-54-21-27)59-36(66)7-3-5-13-57-39(52)53/h8-9,16-20,27-28,54-55H,2-7,10-15,21-22H2,1H3,(H2,51,56)(H,59,66)(H,60,65)(H4,52,53,57)(H2,58,61,67)(H2,62,63,64,68). The van der Waals surface area contributed by atoms with Gasteiger partial charge in [-0.1, -0.05) is 11.3 Å². The van der Waals surface area contributed by atoms with Gasteiger partial charge in [0.25, 0.3) is 0 Å². The Morgan fingerprint density at radius 2 is 1.17 bits per heavy atom. The van der Waals surface area contributed by atoms with Crippen LogP contribution in [0.4, 0.5) is 69.5 Å². The van der Waals surface area contributed by atoms with Crippen LogP contribution in [0.25, 0.3) is 10.2 Å². The van der Waals surface area contributed by atoms with Gasteiger partial charge in [0.15, 0.2) is 22.6 Å². The van der Waals surface area contributed by atoms with E-state index in [1.165, 1.54) is 18.2 Å². The van der Waals surface area contributed by atoms with Crippen molar-refractivity contribution in [3.63, 3.8) is 0 Å². The highest BCUT2D eigenvalue weighted by Crippen LogP contribution is 2.44. The van der Waals surface area contributed by atoms with E-state index in [1.54, 1.807) is 6.92 Å². The number of unbranched alkanes of at least 4 members (excludes halogenated alkanes) is 2. The molecule has 27 heteroatoms. The van der Waals surface area contributed by atoms with Gasteiger partial charge >= 0.3 is 24.4 Å². The predicted octanol–water partition coefficient (Wildman–Crippen LogP) is 7.39.